The van der Waals surface area contributed by atoms with Crippen molar-refractivity contribution in [3.63, 3.8) is 0 Å². The summed E-state index contributed by atoms with van der Waals surface area (Å²) < 4.78 is 16.9. The molecule has 1 spiro atoms. The maximum Gasteiger partial charge on any atom is 0.118 e. The summed E-state index contributed by atoms with van der Waals surface area (Å²) in [5.41, 5.74) is 1.35. The van der Waals surface area contributed by atoms with E-state index in [9.17, 15) is 0 Å². The zero-order valence-electron chi connectivity index (χ0n) is 10.9. The van der Waals surface area contributed by atoms with Crippen LogP contribution in [0.3, 0.4) is 0 Å². The predicted molar refractivity (Wildman–Crippen MR) is 68.8 cm³/mol. The van der Waals surface area contributed by atoms with Crippen LogP contribution in [0.2, 0.25) is 0 Å². The predicted octanol–water partition coefficient (Wildman–Crippen LogP) is 3.10. The minimum atomic E-state index is 0.0862. The Morgan fingerprint density at radius 2 is 1.83 bits per heavy atom. The molecule has 2 saturated heterocycles. The zero-order chi connectivity index (χ0) is 12.4. The molecule has 3 heteroatoms. The van der Waals surface area contributed by atoms with E-state index in [-0.39, 0.29) is 11.7 Å². The number of methoxy groups -OCH3 is 1. The third-order valence-corrected chi connectivity index (χ3v) is 4.15. The number of benzene rings is 1. The minimum absolute atomic E-state index is 0.0862. The molecule has 0 amide bonds. The number of hydrogen-bond acceptors (Lipinski definition) is 3. The van der Waals surface area contributed by atoms with Crippen molar-refractivity contribution in [2.75, 3.05) is 20.3 Å². The molecule has 98 valence electrons. The maximum absolute atomic E-state index is 6.33. The lowest BCUT2D eigenvalue weighted by atomic mass is 9.91. The van der Waals surface area contributed by atoms with Crippen LogP contribution in [-0.2, 0) is 9.47 Å². The fraction of sp³-hybridized carbons (Fsp3) is 0.600. The van der Waals surface area contributed by atoms with Gasteiger partial charge in [0.25, 0.3) is 0 Å². The van der Waals surface area contributed by atoms with Crippen LogP contribution in [-0.4, -0.2) is 25.9 Å². The van der Waals surface area contributed by atoms with Crippen LogP contribution in [0.15, 0.2) is 24.3 Å². The summed E-state index contributed by atoms with van der Waals surface area (Å²) in [7, 11) is 1.69. The summed E-state index contributed by atoms with van der Waals surface area (Å²) in [5, 5.41) is 0. The second-order valence-electron chi connectivity index (χ2n) is 5.21. The molecule has 0 aromatic heterocycles. The summed E-state index contributed by atoms with van der Waals surface area (Å²) >= 11 is 0. The molecule has 2 heterocycles. The largest absolute Gasteiger partial charge is 0.497 e. The second-order valence-corrected chi connectivity index (χ2v) is 5.21. The van der Waals surface area contributed by atoms with Gasteiger partial charge in [0.05, 0.1) is 18.8 Å². The Morgan fingerprint density at radius 1 is 1.11 bits per heavy atom. The summed E-state index contributed by atoms with van der Waals surface area (Å²) in [4.78, 5) is 0. The molecule has 0 aliphatic carbocycles. The normalized spacial score (nSPS) is 26.4. The van der Waals surface area contributed by atoms with Gasteiger partial charge in [-0.15, -0.1) is 0 Å². The first kappa shape index (κ1) is 12.0. The number of ether oxygens (including phenoxy) is 3. The van der Waals surface area contributed by atoms with Crippen LogP contribution < -0.4 is 4.74 Å². The summed E-state index contributed by atoms with van der Waals surface area (Å²) in [6.45, 7) is 1.69. The van der Waals surface area contributed by atoms with Gasteiger partial charge in [0.15, 0.2) is 0 Å². The van der Waals surface area contributed by atoms with E-state index in [1.54, 1.807) is 7.11 Å². The van der Waals surface area contributed by atoms with Gasteiger partial charge in [-0.25, -0.2) is 0 Å². The summed E-state index contributed by atoms with van der Waals surface area (Å²) in [5.74, 6) is 0.900. The van der Waals surface area contributed by atoms with Crippen molar-refractivity contribution in [2.24, 2.45) is 0 Å². The third kappa shape index (κ3) is 2.25. The molecule has 3 nitrogen and oxygen atoms in total. The van der Waals surface area contributed by atoms with Crippen LogP contribution in [0.5, 0.6) is 5.75 Å². The molecule has 1 aromatic rings. The Balaban J connectivity index is 1.70. The average molecular weight is 248 g/mol. The molecule has 1 unspecified atom stereocenters. The van der Waals surface area contributed by atoms with E-state index in [1.165, 1.54) is 5.56 Å². The first-order valence-corrected chi connectivity index (χ1v) is 6.71. The molecule has 0 N–H and O–H groups in total. The van der Waals surface area contributed by atoms with Crippen LogP contribution in [0.4, 0.5) is 0 Å². The zero-order valence-corrected chi connectivity index (χ0v) is 10.9. The van der Waals surface area contributed by atoms with Gasteiger partial charge in [-0.2, -0.15) is 0 Å². The van der Waals surface area contributed by atoms with E-state index in [0.717, 1.165) is 44.6 Å². The van der Waals surface area contributed by atoms with Crippen molar-refractivity contribution < 1.29 is 14.2 Å². The van der Waals surface area contributed by atoms with E-state index in [1.807, 2.05) is 12.1 Å². The van der Waals surface area contributed by atoms with E-state index in [0.29, 0.717) is 0 Å². The Morgan fingerprint density at radius 3 is 2.50 bits per heavy atom. The van der Waals surface area contributed by atoms with Crippen molar-refractivity contribution in [1.29, 1.82) is 0 Å². The van der Waals surface area contributed by atoms with E-state index >= 15 is 0 Å². The van der Waals surface area contributed by atoms with Crippen LogP contribution in [0.1, 0.15) is 37.4 Å². The summed E-state index contributed by atoms with van der Waals surface area (Å²) in [6, 6.07) is 8.24. The molecule has 0 saturated carbocycles. The third-order valence-electron chi connectivity index (χ3n) is 4.15. The molecule has 18 heavy (non-hydrogen) atoms. The van der Waals surface area contributed by atoms with Gasteiger partial charge in [-0.1, -0.05) is 12.1 Å². The quantitative estimate of drug-likeness (QED) is 0.805. The first-order valence-electron chi connectivity index (χ1n) is 6.71. The Hall–Kier alpha value is -1.06. The monoisotopic (exact) mass is 248 g/mol. The van der Waals surface area contributed by atoms with Crippen LogP contribution in [0.25, 0.3) is 0 Å². The fourth-order valence-corrected chi connectivity index (χ4v) is 2.98. The summed E-state index contributed by atoms with van der Waals surface area (Å²) in [6.07, 6.45) is 4.60. The topological polar surface area (TPSA) is 27.7 Å². The van der Waals surface area contributed by atoms with Crippen molar-refractivity contribution in [1.82, 2.24) is 0 Å². The van der Waals surface area contributed by atoms with E-state index in [2.05, 4.69) is 12.1 Å². The highest BCUT2D eigenvalue weighted by molar-refractivity contribution is 5.29. The van der Waals surface area contributed by atoms with E-state index in [4.69, 9.17) is 14.2 Å². The van der Waals surface area contributed by atoms with Crippen LogP contribution >= 0.6 is 0 Å². The van der Waals surface area contributed by atoms with E-state index < -0.39 is 0 Å². The van der Waals surface area contributed by atoms with Gasteiger partial charge in [0, 0.05) is 13.2 Å². The molecular weight excluding hydrogens is 228 g/mol. The van der Waals surface area contributed by atoms with Gasteiger partial charge in [0.1, 0.15) is 5.75 Å². The highest BCUT2D eigenvalue weighted by Crippen LogP contribution is 2.44. The highest BCUT2D eigenvalue weighted by Gasteiger charge is 2.41. The van der Waals surface area contributed by atoms with Gasteiger partial charge in [-0.3, -0.25) is 0 Å². The second kappa shape index (κ2) is 4.90. The Kier molecular flexibility index (Phi) is 3.27. The first-order chi connectivity index (χ1) is 8.81. The SMILES string of the molecule is COc1ccc(C2CCC3(CCOCC3)O2)cc1. The maximum atomic E-state index is 6.33. The molecule has 2 aliphatic rings. The van der Waals surface area contributed by atoms with Crippen LogP contribution in [0, 0.1) is 0 Å². The lowest BCUT2D eigenvalue weighted by Crippen LogP contribution is -2.35. The molecule has 2 aliphatic heterocycles. The van der Waals surface area contributed by atoms with Crippen molar-refractivity contribution >= 4 is 0 Å². The Bertz CT molecular complexity index is 393. The molecule has 3 rings (SSSR count). The number of hydrogen-bond donors (Lipinski definition) is 0. The van der Waals surface area contributed by atoms with Crippen molar-refractivity contribution in [3.05, 3.63) is 29.8 Å². The number of rotatable bonds is 2. The van der Waals surface area contributed by atoms with Gasteiger partial charge in [0.2, 0.25) is 0 Å². The van der Waals surface area contributed by atoms with Gasteiger partial charge < -0.3 is 14.2 Å². The molecule has 0 radical (unpaired) electrons. The van der Waals surface area contributed by atoms with Gasteiger partial charge >= 0.3 is 0 Å². The average Bonchev–Trinajstić information content (AvgIpc) is 2.83. The molecule has 1 atom stereocenters. The molecule has 1 aromatic carbocycles. The standard InChI is InChI=1S/C15H20O3/c1-16-13-4-2-12(3-5-13)14-6-7-15(18-14)8-10-17-11-9-15/h2-5,14H,6-11H2,1H3. The lowest BCUT2D eigenvalue weighted by Gasteiger charge is -2.33. The minimum Gasteiger partial charge on any atom is -0.497 e. The fourth-order valence-electron chi connectivity index (χ4n) is 2.98. The smallest absolute Gasteiger partial charge is 0.118 e. The molecule has 0 bridgehead atoms. The lowest BCUT2D eigenvalue weighted by molar-refractivity contribution is -0.104. The van der Waals surface area contributed by atoms with Gasteiger partial charge in [-0.05, 0) is 43.4 Å². The van der Waals surface area contributed by atoms with Crippen molar-refractivity contribution in [2.45, 2.75) is 37.4 Å². The van der Waals surface area contributed by atoms with Crippen molar-refractivity contribution in [3.8, 4) is 5.75 Å². The molecular formula is C15H20O3. The Labute approximate surface area is 108 Å². The highest BCUT2D eigenvalue weighted by atomic mass is 16.5. The molecule has 2 fully saturated rings.